The number of rotatable bonds is 7. The summed E-state index contributed by atoms with van der Waals surface area (Å²) in [6.07, 6.45) is 0. The SMILES string of the molecule is Cc1cc(=O)[nH]c(SCC(=O)c2ccc(Cl)cc2)n1.Cc1cc(=O)[nH]c(SCc2ccc(Cl)cc2)n1. The fraction of sp³-hybridized carbons (Fsp3) is 0.160. The molecule has 2 aromatic carbocycles. The number of nitrogens with zero attached hydrogens (tertiary/aromatic N) is 2. The van der Waals surface area contributed by atoms with Crippen molar-refractivity contribution in [3.63, 3.8) is 0 Å². The molecule has 2 aromatic heterocycles. The van der Waals surface area contributed by atoms with Crippen LogP contribution >= 0.6 is 46.7 Å². The van der Waals surface area contributed by atoms with Gasteiger partial charge in [-0.2, -0.15) is 0 Å². The van der Waals surface area contributed by atoms with Crippen LogP contribution in [0.4, 0.5) is 0 Å². The Hall–Kier alpha value is -2.85. The number of H-pyrrole nitrogens is 2. The van der Waals surface area contributed by atoms with E-state index in [4.69, 9.17) is 23.2 Å². The highest BCUT2D eigenvalue weighted by molar-refractivity contribution is 7.99. The third-order valence-corrected chi connectivity index (χ3v) is 6.81. The van der Waals surface area contributed by atoms with E-state index in [1.165, 1.54) is 35.7 Å². The number of nitrogens with one attached hydrogen (secondary N) is 2. The van der Waals surface area contributed by atoms with Crippen molar-refractivity contribution in [2.75, 3.05) is 5.75 Å². The minimum atomic E-state index is -0.214. The standard InChI is InChI=1S/C13H11ClN2O2S.C12H11ClN2OS/c1-8-6-12(18)16-13(15-8)19-7-11(17)9-2-4-10(14)5-3-9;1-8-6-11(16)15-12(14-8)17-7-9-2-4-10(13)5-3-9/h2-6H,7H2,1H3,(H,15,16,18);2-6H,7H2,1H3,(H,14,15,16). The Morgan fingerprint density at radius 2 is 1.25 bits per heavy atom. The van der Waals surface area contributed by atoms with Gasteiger partial charge in [0.25, 0.3) is 11.1 Å². The van der Waals surface area contributed by atoms with Gasteiger partial charge in [-0.25, -0.2) is 9.97 Å². The second kappa shape index (κ2) is 13.5. The second-order valence-electron chi connectivity index (χ2n) is 7.52. The van der Waals surface area contributed by atoms with Crippen LogP contribution in [-0.2, 0) is 5.75 Å². The van der Waals surface area contributed by atoms with Crippen LogP contribution in [0.15, 0.2) is 80.6 Å². The van der Waals surface area contributed by atoms with E-state index < -0.39 is 0 Å². The summed E-state index contributed by atoms with van der Waals surface area (Å²) in [6.45, 7) is 3.54. The molecule has 0 unspecified atom stereocenters. The molecule has 0 saturated heterocycles. The van der Waals surface area contributed by atoms with E-state index >= 15 is 0 Å². The van der Waals surface area contributed by atoms with E-state index in [1.807, 2.05) is 31.2 Å². The van der Waals surface area contributed by atoms with Crippen LogP contribution in [0, 0.1) is 13.8 Å². The Kier molecular flexibility index (Phi) is 10.4. The molecule has 0 aliphatic carbocycles. The van der Waals surface area contributed by atoms with Gasteiger partial charge in [-0.15, -0.1) is 0 Å². The van der Waals surface area contributed by atoms with Crippen molar-refractivity contribution in [2.45, 2.75) is 29.9 Å². The molecular formula is C25H22Cl2N4O3S2. The van der Waals surface area contributed by atoms with Crippen LogP contribution in [0.5, 0.6) is 0 Å². The zero-order chi connectivity index (χ0) is 26.1. The van der Waals surface area contributed by atoms with Gasteiger partial charge < -0.3 is 9.97 Å². The predicted octanol–water partition coefficient (Wildman–Crippen LogP) is 5.73. The van der Waals surface area contributed by atoms with Crippen molar-refractivity contribution < 1.29 is 4.79 Å². The lowest BCUT2D eigenvalue weighted by Gasteiger charge is -2.02. The van der Waals surface area contributed by atoms with Crippen LogP contribution in [-0.4, -0.2) is 31.5 Å². The van der Waals surface area contributed by atoms with Crippen molar-refractivity contribution in [2.24, 2.45) is 0 Å². The molecule has 0 aliphatic heterocycles. The lowest BCUT2D eigenvalue weighted by Crippen LogP contribution is -2.09. The van der Waals surface area contributed by atoms with E-state index in [2.05, 4.69) is 19.9 Å². The molecule has 7 nitrogen and oxygen atoms in total. The summed E-state index contributed by atoms with van der Waals surface area (Å²) >= 11 is 14.3. The number of benzene rings is 2. The van der Waals surface area contributed by atoms with Crippen molar-refractivity contribution in [1.82, 2.24) is 19.9 Å². The molecule has 0 bridgehead atoms. The average Bonchev–Trinajstić information content (AvgIpc) is 2.82. The number of Topliss-reactive ketones (excluding diaryl/α,β-unsaturated/α-hetero) is 1. The number of carbonyl (C=O) groups excluding carboxylic acids is 1. The van der Waals surface area contributed by atoms with Crippen LogP contribution in [0.2, 0.25) is 10.0 Å². The summed E-state index contributed by atoms with van der Waals surface area (Å²) in [5.41, 5.74) is 2.76. The molecule has 2 heterocycles. The number of carbonyl (C=O) groups is 1. The molecule has 0 saturated carbocycles. The first-order valence-electron chi connectivity index (χ1n) is 10.6. The number of hydrogen-bond acceptors (Lipinski definition) is 7. The quantitative estimate of drug-likeness (QED) is 0.169. The summed E-state index contributed by atoms with van der Waals surface area (Å²) < 4.78 is 0. The third-order valence-electron chi connectivity index (χ3n) is 4.49. The Balaban J connectivity index is 0.000000202. The number of thioether (sulfide) groups is 2. The molecule has 186 valence electrons. The minimum Gasteiger partial charge on any atom is -0.301 e. The minimum absolute atomic E-state index is 0.0363. The van der Waals surface area contributed by atoms with Crippen molar-refractivity contribution >= 4 is 52.5 Å². The molecule has 11 heteroatoms. The van der Waals surface area contributed by atoms with E-state index in [-0.39, 0.29) is 22.7 Å². The van der Waals surface area contributed by atoms with E-state index in [9.17, 15) is 14.4 Å². The highest BCUT2D eigenvalue weighted by Gasteiger charge is 2.08. The number of aromatic nitrogens is 4. The summed E-state index contributed by atoms with van der Waals surface area (Å²) in [5, 5.41) is 2.41. The lowest BCUT2D eigenvalue weighted by molar-refractivity contribution is 0.102. The van der Waals surface area contributed by atoms with Crippen LogP contribution < -0.4 is 11.1 Å². The number of halogens is 2. The van der Waals surface area contributed by atoms with Crippen molar-refractivity contribution in [1.29, 1.82) is 0 Å². The first kappa shape index (κ1) is 27.7. The predicted molar refractivity (Wildman–Crippen MR) is 147 cm³/mol. The fourth-order valence-corrected chi connectivity index (χ4v) is 4.77. The second-order valence-corrected chi connectivity index (χ2v) is 10.3. The molecule has 0 fully saturated rings. The molecule has 0 radical (unpaired) electrons. The van der Waals surface area contributed by atoms with Crippen molar-refractivity contribution in [3.8, 4) is 0 Å². The highest BCUT2D eigenvalue weighted by atomic mass is 35.5. The molecule has 4 rings (SSSR count). The maximum absolute atomic E-state index is 11.9. The normalized spacial score (nSPS) is 10.4. The van der Waals surface area contributed by atoms with Gasteiger partial charge in [0.1, 0.15) is 0 Å². The van der Waals surface area contributed by atoms with Gasteiger partial charge in [0.15, 0.2) is 16.1 Å². The highest BCUT2D eigenvalue weighted by Crippen LogP contribution is 2.20. The van der Waals surface area contributed by atoms with Gasteiger partial charge in [0, 0.05) is 44.9 Å². The molecule has 2 N–H and O–H groups in total. The number of aryl methyl sites for hydroxylation is 2. The monoisotopic (exact) mass is 560 g/mol. The fourth-order valence-electron chi connectivity index (χ4n) is 2.83. The number of aromatic amines is 2. The van der Waals surface area contributed by atoms with E-state index in [0.717, 1.165) is 22.0 Å². The van der Waals surface area contributed by atoms with Gasteiger partial charge in [0.2, 0.25) is 0 Å². The summed E-state index contributed by atoms with van der Waals surface area (Å²) in [6, 6.07) is 17.2. The molecule has 0 amide bonds. The first-order valence-corrected chi connectivity index (χ1v) is 13.4. The molecule has 0 atom stereocenters. The van der Waals surface area contributed by atoms with Gasteiger partial charge in [0.05, 0.1) is 5.75 Å². The summed E-state index contributed by atoms with van der Waals surface area (Å²) in [4.78, 5) is 48.1. The zero-order valence-electron chi connectivity index (χ0n) is 19.4. The number of hydrogen-bond donors (Lipinski definition) is 2. The Morgan fingerprint density at radius 1 is 0.778 bits per heavy atom. The van der Waals surface area contributed by atoms with Gasteiger partial charge in [-0.05, 0) is 55.8 Å². The van der Waals surface area contributed by atoms with Gasteiger partial charge >= 0.3 is 0 Å². The molecular weight excluding hydrogens is 539 g/mol. The Labute approximate surface area is 226 Å². The molecule has 36 heavy (non-hydrogen) atoms. The Bertz CT molecular complexity index is 1440. The maximum atomic E-state index is 11.9. The molecule has 4 aromatic rings. The van der Waals surface area contributed by atoms with Gasteiger partial charge in [-0.3, -0.25) is 14.4 Å². The topological polar surface area (TPSA) is 109 Å². The lowest BCUT2D eigenvalue weighted by atomic mass is 10.1. The molecule has 0 aliphatic rings. The maximum Gasteiger partial charge on any atom is 0.251 e. The van der Waals surface area contributed by atoms with Gasteiger partial charge in [-0.1, -0.05) is 58.9 Å². The van der Waals surface area contributed by atoms with Crippen LogP contribution in [0.1, 0.15) is 27.3 Å². The molecule has 0 spiro atoms. The third kappa shape index (κ3) is 9.31. The largest absolute Gasteiger partial charge is 0.301 e. The van der Waals surface area contributed by atoms with Crippen LogP contribution in [0.25, 0.3) is 0 Å². The smallest absolute Gasteiger partial charge is 0.251 e. The van der Waals surface area contributed by atoms with Crippen LogP contribution in [0.3, 0.4) is 0 Å². The summed E-state index contributed by atoms with van der Waals surface area (Å²) in [7, 11) is 0. The number of ketones is 1. The zero-order valence-corrected chi connectivity index (χ0v) is 22.5. The van der Waals surface area contributed by atoms with E-state index in [0.29, 0.717) is 26.6 Å². The first-order chi connectivity index (χ1) is 17.2. The Morgan fingerprint density at radius 3 is 1.75 bits per heavy atom. The van der Waals surface area contributed by atoms with Crippen molar-refractivity contribution in [3.05, 3.63) is 114 Å². The van der Waals surface area contributed by atoms with E-state index in [1.54, 1.807) is 31.2 Å². The summed E-state index contributed by atoms with van der Waals surface area (Å²) in [5.74, 6) is 0.934. The average molecular weight is 562 g/mol.